The zero-order valence-corrected chi connectivity index (χ0v) is 13.6. The predicted octanol–water partition coefficient (Wildman–Crippen LogP) is 2.99. The first-order valence-electron chi connectivity index (χ1n) is 8.11. The van der Waals surface area contributed by atoms with E-state index in [0.29, 0.717) is 11.6 Å². The normalized spacial score (nSPS) is 26.4. The SMILES string of the molecule is CCC1CNC2(CCCC2)CN1CCc1csc(C)n1. The highest BCUT2D eigenvalue weighted by Crippen LogP contribution is 2.33. The van der Waals surface area contributed by atoms with Crippen molar-refractivity contribution in [3.63, 3.8) is 0 Å². The number of thiazole rings is 1. The maximum atomic E-state index is 4.61. The third kappa shape index (κ3) is 3.07. The number of nitrogens with one attached hydrogen (secondary N) is 1. The van der Waals surface area contributed by atoms with Crippen molar-refractivity contribution in [3.05, 3.63) is 16.1 Å². The number of hydrogen-bond donors (Lipinski definition) is 1. The summed E-state index contributed by atoms with van der Waals surface area (Å²) in [7, 11) is 0. The Balaban J connectivity index is 1.61. The van der Waals surface area contributed by atoms with Crippen molar-refractivity contribution in [1.29, 1.82) is 0 Å². The summed E-state index contributed by atoms with van der Waals surface area (Å²) in [6, 6.07) is 0.709. The lowest BCUT2D eigenvalue weighted by Crippen LogP contribution is -2.63. The average molecular weight is 293 g/mol. The van der Waals surface area contributed by atoms with Crippen molar-refractivity contribution in [2.24, 2.45) is 0 Å². The van der Waals surface area contributed by atoms with Gasteiger partial charge in [-0.1, -0.05) is 19.8 Å². The van der Waals surface area contributed by atoms with Gasteiger partial charge >= 0.3 is 0 Å². The molecule has 1 spiro atoms. The Kier molecular flexibility index (Phi) is 4.43. The van der Waals surface area contributed by atoms with Crippen molar-refractivity contribution in [1.82, 2.24) is 15.2 Å². The van der Waals surface area contributed by atoms with Gasteiger partial charge in [0, 0.05) is 43.0 Å². The maximum absolute atomic E-state index is 4.61. The summed E-state index contributed by atoms with van der Waals surface area (Å²) < 4.78 is 0. The van der Waals surface area contributed by atoms with E-state index in [1.54, 1.807) is 11.3 Å². The molecule has 1 aromatic heterocycles. The summed E-state index contributed by atoms with van der Waals surface area (Å²) in [6.45, 7) is 8.01. The Morgan fingerprint density at radius 3 is 2.90 bits per heavy atom. The quantitative estimate of drug-likeness (QED) is 0.925. The highest BCUT2D eigenvalue weighted by Gasteiger charge is 2.40. The van der Waals surface area contributed by atoms with Crippen LogP contribution in [0.25, 0.3) is 0 Å². The molecule has 2 fully saturated rings. The Labute approximate surface area is 126 Å². The minimum atomic E-state index is 0.434. The molecule has 1 saturated heterocycles. The average Bonchev–Trinajstić information content (AvgIpc) is 3.07. The molecular formula is C16H27N3S. The van der Waals surface area contributed by atoms with Crippen LogP contribution in [-0.2, 0) is 6.42 Å². The molecule has 1 unspecified atom stereocenters. The van der Waals surface area contributed by atoms with E-state index in [2.05, 4.69) is 34.4 Å². The molecule has 1 saturated carbocycles. The smallest absolute Gasteiger partial charge is 0.0897 e. The first-order chi connectivity index (χ1) is 9.71. The molecule has 3 rings (SSSR count). The number of aromatic nitrogens is 1. The Hall–Kier alpha value is -0.450. The van der Waals surface area contributed by atoms with Gasteiger partial charge in [0.15, 0.2) is 0 Å². The van der Waals surface area contributed by atoms with Crippen molar-refractivity contribution >= 4 is 11.3 Å². The fraction of sp³-hybridized carbons (Fsp3) is 0.812. The zero-order chi connectivity index (χ0) is 14.0. The van der Waals surface area contributed by atoms with E-state index < -0.39 is 0 Å². The van der Waals surface area contributed by atoms with Gasteiger partial charge in [-0.3, -0.25) is 4.90 Å². The fourth-order valence-corrected chi connectivity index (χ4v) is 4.52. The summed E-state index contributed by atoms with van der Waals surface area (Å²) in [4.78, 5) is 7.34. The molecule has 0 radical (unpaired) electrons. The molecule has 20 heavy (non-hydrogen) atoms. The van der Waals surface area contributed by atoms with E-state index in [9.17, 15) is 0 Å². The van der Waals surface area contributed by atoms with Crippen molar-refractivity contribution in [3.8, 4) is 0 Å². The summed E-state index contributed by atoms with van der Waals surface area (Å²) in [5.41, 5.74) is 1.71. The second kappa shape index (κ2) is 6.12. The van der Waals surface area contributed by atoms with Gasteiger partial charge < -0.3 is 5.32 Å². The maximum Gasteiger partial charge on any atom is 0.0897 e. The Morgan fingerprint density at radius 2 is 2.25 bits per heavy atom. The number of aryl methyl sites for hydroxylation is 1. The zero-order valence-electron chi connectivity index (χ0n) is 12.8. The molecule has 1 atom stereocenters. The van der Waals surface area contributed by atoms with Crippen LogP contribution in [0.5, 0.6) is 0 Å². The molecule has 4 heteroatoms. The van der Waals surface area contributed by atoms with Gasteiger partial charge in [0.2, 0.25) is 0 Å². The van der Waals surface area contributed by atoms with Crippen LogP contribution in [0.1, 0.15) is 49.7 Å². The van der Waals surface area contributed by atoms with Crippen LogP contribution in [0.2, 0.25) is 0 Å². The van der Waals surface area contributed by atoms with Gasteiger partial charge in [-0.2, -0.15) is 0 Å². The minimum absolute atomic E-state index is 0.434. The van der Waals surface area contributed by atoms with Gasteiger partial charge in [-0.05, 0) is 26.2 Å². The van der Waals surface area contributed by atoms with Crippen LogP contribution in [0, 0.1) is 6.92 Å². The molecule has 0 bridgehead atoms. The topological polar surface area (TPSA) is 28.2 Å². The number of rotatable bonds is 4. The summed E-state index contributed by atoms with van der Waals surface area (Å²) in [5.74, 6) is 0. The summed E-state index contributed by atoms with van der Waals surface area (Å²) >= 11 is 1.77. The highest BCUT2D eigenvalue weighted by molar-refractivity contribution is 7.09. The first-order valence-corrected chi connectivity index (χ1v) is 8.99. The molecule has 0 amide bonds. The fourth-order valence-electron chi connectivity index (χ4n) is 3.87. The molecule has 1 aliphatic heterocycles. The molecule has 1 N–H and O–H groups in total. The Bertz CT molecular complexity index is 437. The van der Waals surface area contributed by atoms with Crippen LogP contribution in [-0.4, -0.2) is 41.1 Å². The van der Waals surface area contributed by atoms with Gasteiger partial charge in [-0.15, -0.1) is 11.3 Å². The lowest BCUT2D eigenvalue weighted by atomic mass is 9.91. The number of nitrogens with zero attached hydrogens (tertiary/aromatic N) is 2. The highest BCUT2D eigenvalue weighted by atomic mass is 32.1. The van der Waals surface area contributed by atoms with E-state index in [1.807, 2.05) is 0 Å². The molecule has 2 aliphatic rings. The summed E-state index contributed by atoms with van der Waals surface area (Å²) in [6.07, 6.45) is 7.91. The molecule has 3 nitrogen and oxygen atoms in total. The van der Waals surface area contributed by atoms with Gasteiger partial charge in [0.05, 0.1) is 10.7 Å². The van der Waals surface area contributed by atoms with E-state index >= 15 is 0 Å². The first kappa shape index (κ1) is 14.5. The van der Waals surface area contributed by atoms with Gasteiger partial charge in [-0.25, -0.2) is 4.98 Å². The van der Waals surface area contributed by atoms with Crippen LogP contribution in [0.4, 0.5) is 0 Å². The summed E-state index contributed by atoms with van der Waals surface area (Å²) in [5, 5.41) is 7.29. The largest absolute Gasteiger partial charge is 0.308 e. The lowest BCUT2D eigenvalue weighted by molar-refractivity contribution is 0.0792. The molecule has 1 aromatic rings. The third-order valence-corrected chi connectivity index (χ3v) is 5.91. The van der Waals surface area contributed by atoms with Crippen LogP contribution < -0.4 is 5.32 Å². The van der Waals surface area contributed by atoms with Crippen molar-refractivity contribution in [2.75, 3.05) is 19.6 Å². The van der Waals surface area contributed by atoms with Crippen LogP contribution in [0.3, 0.4) is 0 Å². The second-order valence-electron chi connectivity index (χ2n) is 6.51. The van der Waals surface area contributed by atoms with Gasteiger partial charge in [0.1, 0.15) is 0 Å². The van der Waals surface area contributed by atoms with Crippen molar-refractivity contribution in [2.45, 2.75) is 64.0 Å². The standard InChI is InChI=1S/C16H27N3S/c1-3-15-10-17-16(7-4-5-8-16)12-19(15)9-6-14-11-20-13(2)18-14/h11,15,17H,3-10,12H2,1-2H3. The van der Waals surface area contributed by atoms with Crippen LogP contribution in [0.15, 0.2) is 5.38 Å². The lowest BCUT2D eigenvalue weighted by Gasteiger charge is -2.46. The van der Waals surface area contributed by atoms with E-state index in [-0.39, 0.29) is 0 Å². The van der Waals surface area contributed by atoms with E-state index in [1.165, 1.54) is 62.4 Å². The Morgan fingerprint density at radius 1 is 1.45 bits per heavy atom. The predicted molar refractivity (Wildman–Crippen MR) is 85.4 cm³/mol. The van der Waals surface area contributed by atoms with Crippen LogP contribution >= 0.6 is 11.3 Å². The number of hydrogen-bond acceptors (Lipinski definition) is 4. The second-order valence-corrected chi connectivity index (χ2v) is 7.57. The molecule has 1 aliphatic carbocycles. The molecule has 112 valence electrons. The van der Waals surface area contributed by atoms with E-state index in [0.717, 1.165) is 6.42 Å². The van der Waals surface area contributed by atoms with Crippen molar-refractivity contribution < 1.29 is 0 Å². The third-order valence-electron chi connectivity index (χ3n) is 5.09. The number of piperazine rings is 1. The van der Waals surface area contributed by atoms with Gasteiger partial charge in [0.25, 0.3) is 0 Å². The molecular weight excluding hydrogens is 266 g/mol. The monoisotopic (exact) mass is 293 g/mol. The molecule has 2 heterocycles. The minimum Gasteiger partial charge on any atom is -0.308 e. The molecule has 0 aromatic carbocycles. The van der Waals surface area contributed by atoms with E-state index in [4.69, 9.17) is 0 Å².